The fraction of sp³-hybridized carbons (Fsp3) is 0.0455. The van der Waals surface area contributed by atoms with E-state index in [0.717, 1.165) is 0 Å². The zero-order valence-corrected chi connectivity index (χ0v) is 29.6. The van der Waals surface area contributed by atoms with Crippen molar-refractivity contribution in [3.05, 3.63) is 146 Å². The highest BCUT2D eigenvalue weighted by atomic mass is 127. The molecule has 0 saturated carbocycles. The third kappa shape index (κ3) is 3.50. The molecule has 0 saturated heterocycles. The summed E-state index contributed by atoms with van der Waals surface area (Å²) in [4.78, 5) is 0. The zero-order valence-electron chi connectivity index (χ0n) is 26.6. The molecule has 4 nitrogen and oxygen atoms in total. The van der Waals surface area contributed by atoms with Gasteiger partial charge in [-0.25, -0.2) is 0 Å². The van der Waals surface area contributed by atoms with E-state index < -0.39 is 0 Å². The van der Waals surface area contributed by atoms with Crippen molar-refractivity contribution in [2.75, 3.05) is 8.43 Å². The number of thiophene rings is 1. The van der Waals surface area contributed by atoms with Crippen LogP contribution in [0, 0.1) is 0 Å². The molecule has 5 heterocycles. The highest BCUT2D eigenvalue weighted by Gasteiger charge is 2.37. The number of allylic oxidation sites excluding steroid dienone is 2. The van der Waals surface area contributed by atoms with Gasteiger partial charge in [0.05, 0.1) is 62.7 Å². The molecular weight excluding hydrogens is 743 g/mol. The van der Waals surface area contributed by atoms with Gasteiger partial charge in [-0.15, -0.1) is 11.3 Å². The molecule has 1 aliphatic heterocycles. The molecule has 0 spiro atoms. The lowest BCUT2D eigenvalue weighted by atomic mass is 9.96. The molecule has 2 atom stereocenters. The van der Waals surface area contributed by atoms with E-state index in [-0.39, 0.29) is 12.1 Å². The number of hydrogen-bond acceptors (Lipinski definition) is 3. The average molecular weight is 771 g/mol. The lowest BCUT2D eigenvalue weighted by Crippen LogP contribution is -2.45. The summed E-state index contributed by atoms with van der Waals surface area (Å²) in [5.41, 5.74) is 9.85. The molecule has 6 heteroatoms. The zero-order chi connectivity index (χ0) is 32.7. The van der Waals surface area contributed by atoms with Crippen molar-refractivity contribution in [1.29, 1.82) is 0 Å². The molecule has 50 heavy (non-hydrogen) atoms. The van der Waals surface area contributed by atoms with Crippen LogP contribution in [0.15, 0.2) is 146 Å². The Balaban J connectivity index is 1.20. The van der Waals surface area contributed by atoms with Gasteiger partial charge < -0.3 is 9.88 Å². The maximum Gasteiger partial charge on any atom is 0.147 e. The van der Waals surface area contributed by atoms with Crippen LogP contribution in [0.3, 0.4) is 0 Å². The number of nitrogens with zero attached hydrogens (tertiary/aromatic N) is 3. The van der Waals surface area contributed by atoms with E-state index in [1.807, 2.05) is 11.3 Å². The molecular formula is C44H27IN4S. The molecule has 1 aliphatic carbocycles. The molecule has 10 aromatic rings. The molecule has 0 radical (unpaired) electrons. The number of hydrogen-bond donors (Lipinski definition) is 1. The van der Waals surface area contributed by atoms with Gasteiger partial charge in [-0.2, -0.15) is 0 Å². The number of nitrogens with one attached hydrogen (secondary N) is 1. The second kappa shape index (κ2) is 9.90. The van der Waals surface area contributed by atoms with Gasteiger partial charge in [0.25, 0.3) is 0 Å². The Morgan fingerprint density at radius 1 is 0.580 bits per heavy atom. The van der Waals surface area contributed by atoms with Crippen molar-refractivity contribution < 1.29 is 0 Å². The Morgan fingerprint density at radius 3 is 2.24 bits per heavy atom. The highest BCUT2D eigenvalue weighted by Crippen LogP contribution is 2.52. The molecule has 1 N–H and O–H groups in total. The maximum atomic E-state index is 3.99. The smallest absolute Gasteiger partial charge is 0.147 e. The summed E-state index contributed by atoms with van der Waals surface area (Å²) < 4.78 is 10.0. The predicted octanol–water partition coefficient (Wildman–Crippen LogP) is 12.3. The normalized spacial score (nSPS) is 17.3. The van der Waals surface area contributed by atoms with Gasteiger partial charge in [0.1, 0.15) is 5.82 Å². The van der Waals surface area contributed by atoms with Crippen LogP contribution in [0.2, 0.25) is 0 Å². The third-order valence-corrected chi connectivity index (χ3v) is 13.2. The molecule has 0 amide bonds. The van der Waals surface area contributed by atoms with E-state index in [1.165, 1.54) is 97.5 Å². The fourth-order valence-corrected chi connectivity index (χ4v) is 11.0. The Hall–Kier alpha value is -5.31. The van der Waals surface area contributed by atoms with Crippen LogP contribution in [-0.4, -0.2) is 21.1 Å². The Bertz CT molecular complexity index is 3110. The van der Waals surface area contributed by atoms with E-state index in [1.54, 1.807) is 0 Å². The first kappa shape index (κ1) is 27.5. The molecule has 4 aromatic heterocycles. The van der Waals surface area contributed by atoms with Gasteiger partial charge in [0.15, 0.2) is 0 Å². The number of halogens is 1. The van der Waals surface area contributed by atoms with E-state index in [4.69, 9.17) is 0 Å². The van der Waals surface area contributed by atoms with Gasteiger partial charge in [-0.05, 0) is 71.8 Å². The minimum absolute atomic E-state index is 0.207. The highest BCUT2D eigenvalue weighted by molar-refractivity contribution is 14.1. The van der Waals surface area contributed by atoms with Crippen LogP contribution in [0.5, 0.6) is 0 Å². The lowest BCUT2D eigenvalue weighted by molar-refractivity contribution is 0.730. The van der Waals surface area contributed by atoms with Crippen LogP contribution in [0.4, 0.5) is 11.5 Å². The number of para-hydroxylation sites is 2. The third-order valence-electron chi connectivity index (χ3n) is 11.0. The number of rotatable bonds is 2. The summed E-state index contributed by atoms with van der Waals surface area (Å²) in [6, 6.07) is 45.5. The summed E-state index contributed by atoms with van der Waals surface area (Å²) >= 11 is 4.45. The van der Waals surface area contributed by atoms with Crippen molar-refractivity contribution in [3.63, 3.8) is 0 Å². The van der Waals surface area contributed by atoms with Gasteiger partial charge in [0, 0.05) is 52.8 Å². The van der Waals surface area contributed by atoms with Gasteiger partial charge >= 0.3 is 0 Å². The van der Waals surface area contributed by atoms with Crippen molar-refractivity contribution in [2.24, 2.45) is 0 Å². The van der Waals surface area contributed by atoms with Crippen LogP contribution in [0.25, 0.3) is 86.0 Å². The Labute approximate surface area is 305 Å². The standard InChI is InChI=1S/C44H27IN4S/c45-49-36-16-8-6-14-33(36)46-42-32-24-26(25-18-19-35-30(22-25)28-12-4-7-15-34(28)47(35)27-10-2-1-3-11-27)23-31-40-37(48(43(31)32)44(42)49)20-21-39-41(40)29-13-5-9-17-38(29)50-39/h1-24,33,36,46H. The first-order valence-corrected chi connectivity index (χ1v) is 18.8. The summed E-state index contributed by atoms with van der Waals surface area (Å²) in [7, 11) is 0. The van der Waals surface area contributed by atoms with Crippen LogP contribution in [-0.2, 0) is 0 Å². The molecule has 0 fully saturated rings. The first-order chi connectivity index (χ1) is 24.7. The lowest BCUT2D eigenvalue weighted by Gasteiger charge is -2.38. The van der Waals surface area contributed by atoms with Crippen LogP contribution in [0.1, 0.15) is 0 Å². The van der Waals surface area contributed by atoms with E-state index in [2.05, 4.69) is 186 Å². The minimum Gasteiger partial charge on any atom is -0.373 e. The molecule has 6 aromatic carbocycles. The fourth-order valence-electron chi connectivity index (χ4n) is 8.87. The van der Waals surface area contributed by atoms with Gasteiger partial charge in [-0.1, -0.05) is 85.0 Å². The number of fused-ring (bicyclic) bond motifs is 14. The Kier molecular flexibility index (Phi) is 5.44. The molecule has 236 valence electrons. The molecule has 2 aliphatic rings. The number of benzene rings is 6. The van der Waals surface area contributed by atoms with Crippen molar-refractivity contribution in [1.82, 2.24) is 8.97 Å². The second-order valence-corrected chi connectivity index (χ2v) is 15.7. The topological polar surface area (TPSA) is 24.6 Å². The van der Waals surface area contributed by atoms with Crippen molar-refractivity contribution in [3.8, 4) is 16.8 Å². The summed E-state index contributed by atoms with van der Waals surface area (Å²) in [6.45, 7) is 0. The molecule has 12 rings (SSSR count). The largest absolute Gasteiger partial charge is 0.373 e. The van der Waals surface area contributed by atoms with Crippen molar-refractivity contribution >= 4 is 115 Å². The van der Waals surface area contributed by atoms with E-state index in [0.29, 0.717) is 0 Å². The number of anilines is 2. The predicted molar refractivity (Wildman–Crippen MR) is 222 cm³/mol. The first-order valence-electron chi connectivity index (χ1n) is 17.1. The van der Waals surface area contributed by atoms with Crippen LogP contribution >= 0.6 is 34.2 Å². The molecule has 0 bridgehead atoms. The second-order valence-electron chi connectivity index (χ2n) is 13.5. The maximum absolute atomic E-state index is 3.99. The summed E-state index contributed by atoms with van der Waals surface area (Å²) in [5.74, 6) is 1.22. The Morgan fingerprint density at radius 2 is 1.32 bits per heavy atom. The van der Waals surface area contributed by atoms with E-state index in [9.17, 15) is 0 Å². The van der Waals surface area contributed by atoms with Gasteiger partial charge in [0.2, 0.25) is 0 Å². The van der Waals surface area contributed by atoms with Gasteiger partial charge in [-0.3, -0.25) is 7.51 Å². The summed E-state index contributed by atoms with van der Waals surface area (Å²) in [5, 5.41) is 13.2. The average Bonchev–Trinajstić information content (AvgIpc) is 3.90. The SMILES string of the molecule is IN1c2c(c3cc(-c4ccc5c(c4)c4ccccc4n5-c4ccccc4)cc4c5c6c(ccc5n2c34)sc2ccccc26)NC2C=CC=CC21. The quantitative estimate of drug-likeness (QED) is 0.140. The van der Waals surface area contributed by atoms with E-state index >= 15 is 0 Å². The number of aromatic nitrogens is 2. The monoisotopic (exact) mass is 770 g/mol. The molecule has 2 unspecified atom stereocenters. The van der Waals surface area contributed by atoms with Crippen molar-refractivity contribution in [2.45, 2.75) is 12.1 Å². The summed E-state index contributed by atoms with van der Waals surface area (Å²) in [6.07, 6.45) is 8.96. The van der Waals surface area contributed by atoms with Crippen LogP contribution < -0.4 is 8.43 Å². The minimum atomic E-state index is 0.207.